The van der Waals surface area contributed by atoms with Gasteiger partial charge in [0.1, 0.15) is 31.3 Å². The van der Waals surface area contributed by atoms with Crippen LogP contribution in [0.15, 0.2) is 154 Å². The summed E-state index contributed by atoms with van der Waals surface area (Å²) < 4.78 is 57.4. The summed E-state index contributed by atoms with van der Waals surface area (Å²) in [6, 6.07) is 6.54. The molecule has 0 bridgehead atoms. The fraction of sp³-hybridized carbons (Fsp3) is 0.365. The molecule has 29 heteroatoms. The SMILES string of the molecule is CC(C)C1=C(O)C(=[OH+])C=CC1.CC(C)c1occc(=[OH+])c1O.CC1=C(O)C(=[OH+])C=CC1.CCC1=C(O)C(=[OH+])C=CC1.CCCCc1occc(=[OH+])c1O.CCCCc1occc(=[OH+])c1O.CCc1occc(=[OH+])c1O.Cc1occc(=[OH+])c1O.[O]=[V].[O]=[V].[O]=[V].[O]=[V]. The molecule has 25 nitrogen and oxygen atoms in total. The Kier molecular flexibility index (Phi) is 52.9. The first-order valence-corrected chi connectivity index (χ1v) is 30.2. The number of carbonyl (C=O) groups excluding carboxylic acids is 3. The van der Waals surface area contributed by atoms with E-state index in [9.17, 15) is 25.5 Å². The molecule has 3 aliphatic carbocycles. The Morgan fingerprint density at radius 3 is 1.08 bits per heavy atom. The predicted molar refractivity (Wildman–Crippen MR) is 317 cm³/mol. The van der Waals surface area contributed by atoms with Gasteiger partial charge in [-0.2, -0.15) is 0 Å². The molecule has 0 unspecified atom stereocenters. The molecule has 0 aromatic carbocycles. The molecule has 0 aliphatic heterocycles. The van der Waals surface area contributed by atoms with Crippen molar-refractivity contribution in [1.82, 2.24) is 0 Å². The minimum absolute atomic E-state index is 0.0110. The van der Waals surface area contributed by atoms with Gasteiger partial charge >= 0.3 is 129 Å². The van der Waals surface area contributed by atoms with Crippen LogP contribution < -0.4 is 27.1 Å². The Labute approximate surface area is 567 Å². The zero-order valence-corrected chi connectivity index (χ0v) is 58.4. The van der Waals surface area contributed by atoms with E-state index in [1.807, 2.05) is 59.8 Å². The van der Waals surface area contributed by atoms with E-state index in [1.165, 1.54) is 79.9 Å². The third-order valence-corrected chi connectivity index (χ3v) is 12.0. The van der Waals surface area contributed by atoms with Crippen LogP contribution in [-0.2, 0) is 103 Å². The summed E-state index contributed by atoms with van der Waals surface area (Å²) in [5.41, 5.74) is 1.96. The van der Waals surface area contributed by atoms with Gasteiger partial charge in [0.05, 0.1) is 30.3 Å². The number of allylic oxidation sites excluding steroid dienone is 9. The Morgan fingerprint density at radius 1 is 0.413 bits per heavy atom. The van der Waals surface area contributed by atoms with E-state index in [0.717, 1.165) is 138 Å². The van der Waals surface area contributed by atoms with Crippen LogP contribution in [0.2, 0.25) is 0 Å². The molecule has 5 aromatic heterocycles. The van der Waals surface area contributed by atoms with Crippen molar-refractivity contribution >= 4 is 17.3 Å². The molecule has 5 aromatic rings. The first-order chi connectivity index (χ1) is 43.7. The summed E-state index contributed by atoms with van der Waals surface area (Å²) >= 11 is 4.25. The summed E-state index contributed by atoms with van der Waals surface area (Å²) in [5, 5.41) is 73.2. The van der Waals surface area contributed by atoms with Gasteiger partial charge in [-0.05, 0) is 75.0 Å². The first-order valence-electron chi connectivity index (χ1n) is 27.9. The molecule has 0 saturated heterocycles. The second-order valence-electron chi connectivity index (χ2n) is 19.1. The van der Waals surface area contributed by atoms with E-state index in [-0.39, 0.29) is 96.4 Å². The van der Waals surface area contributed by atoms with Crippen LogP contribution in [0.25, 0.3) is 0 Å². The van der Waals surface area contributed by atoms with E-state index >= 15 is 0 Å². The molecular formula is C63H86O25V4+8. The van der Waals surface area contributed by atoms with E-state index < -0.39 is 0 Å². The Morgan fingerprint density at radius 2 is 0.761 bits per heavy atom. The second-order valence-corrected chi connectivity index (χ2v) is 19.1. The van der Waals surface area contributed by atoms with Crippen LogP contribution in [0.5, 0.6) is 28.7 Å². The molecule has 0 spiro atoms. The van der Waals surface area contributed by atoms with Gasteiger partial charge in [0, 0.05) is 43.4 Å². The molecule has 16 N–H and O–H groups in total. The van der Waals surface area contributed by atoms with Crippen LogP contribution in [0.1, 0.15) is 148 Å². The first kappa shape index (κ1) is 90.6. The molecule has 0 fully saturated rings. The van der Waals surface area contributed by atoms with E-state index in [1.54, 1.807) is 13.8 Å². The quantitative estimate of drug-likeness (QED) is 0.0604. The third kappa shape index (κ3) is 35.1. The Balaban J connectivity index is -0.000000474. The van der Waals surface area contributed by atoms with Crippen LogP contribution in [-0.4, -0.2) is 96.6 Å². The summed E-state index contributed by atoms with van der Waals surface area (Å²) in [4.78, 5) is 71.9. The monoisotopic (exact) mass is 1450 g/mol. The van der Waals surface area contributed by atoms with Crippen molar-refractivity contribution in [3.63, 3.8) is 0 Å². The molecule has 0 saturated carbocycles. The van der Waals surface area contributed by atoms with Crippen molar-refractivity contribution in [2.45, 2.75) is 146 Å². The second kappa shape index (κ2) is 53.8. The average Bonchev–Trinajstić information content (AvgIpc) is 1.18. The maximum atomic E-state index is 9.35. The molecule has 0 amide bonds. The molecule has 500 valence electrons. The summed E-state index contributed by atoms with van der Waals surface area (Å²) in [6.07, 6.45) is 25.7. The number of hydrogen-bond donors (Lipinski definition) is 8. The Hall–Kier alpha value is -7.86. The van der Waals surface area contributed by atoms with Crippen LogP contribution in [0.4, 0.5) is 0 Å². The molecule has 92 heavy (non-hydrogen) atoms. The summed E-state index contributed by atoms with van der Waals surface area (Å²) in [6.45, 7) is 19.0. The zero-order valence-electron chi connectivity index (χ0n) is 52.8. The minimum atomic E-state index is -0.197. The van der Waals surface area contributed by atoms with Crippen molar-refractivity contribution < 1.29 is 185 Å². The molecule has 5 heterocycles. The fourth-order valence-electron chi connectivity index (χ4n) is 6.88. The van der Waals surface area contributed by atoms with Gasteiger partial charge in [0.15, 0.2) is 28.8 Å². The van der Waals surface area contributed by atoms with E-state index in [2.05, 4.69) is 13.8 Å². The number of ketones is 3. The third-order valence-electron chi connectivity index (χ3n) is 12.0. The van der Waals surface area contributed by atoms with Crippen LogP contribution in [0.3, 0.4) is 0 Å². The standard InChI is InChI=1S/2C9H12O3.C9H12O2.C8H10O3.C8H10O2.C7H8O3.C7H8O2.C6H6O3.4O.4V/c2*1-2-3-4-8-9(11)7(10)5-6-12-8;1-6(2)7-4-3-5-8(10)9(7)11;1-5(2)8-7(10)6(9)3-4-11-8;1-2-6-4-3-5-7(9)8(6)10;1-2-6-7(9)5(8)3-4-10-6;1-5-3-2-4-6(8)7(5)9;1-4-6(8)5(7)2-3-9-4;;;;;;;;/h2*5-6,11H,2-4H2,1H3;3,5-6,11H,4H2,1-2H3;3-5,10H,1-2H3;3,5,10H,2,4H2,1H3;3-4,9H,2H2,1H3;2,4,9H,3H2,1H3;2-3,8H,1H3;;;;;;;;/p+8. The Bertz CT molecular complexity index is 3470. The van der Waals surface area contributed by atoms with E-state index in [4.69, 9.17) is 90.5 Å². The van der Waals surface area contributed by atoms with Gasteiger partial charge in [0.2, 0.25) is 17.3 Å². The topological polar surface area (TPSA) is 467 Å². The number of rotatable bonds is 10. The van der Waals surface area contributed by atoms with Crippen molar-refractivity contribution in [2.75, 3.05) is 0 Å². The van der Waals surface area contributed by atoms with Gasteiger partial charge in [-0.1, -0.05) is 86.5 Å². The van der Waals surface area contributed by atoms with Gasteiger partial charge in [-0.25, -0.2) is 0 Å². The fourth-order valence-corrected chi connectivity index (χ4v) is 6.88. The van der Waals surface area contributed by atoms with Crippen LogP contribution >= 0.6 is 0 Å². The zero-order chi connectivity index (χ0) is 71.6. The number of aliphatic hydroxyl groups is 3. The van der Waals surface area contributed by atoms with Gasteiger partial charge in [0.25, 0.3) is 28.7 Å². The van der Waals surface area contributed by atoms with Crippen molar-refractivity contribution in [3.05, 3.63) is 188 Å². The van der Waals surface area contributed by atoms with Crippen molar-refractivity contribution in [2.24, 2.45) is 5.92 Å². The van der Waals surface area contributed by atoms with Gasteiger partial charge in [-0.15, -0.1) is 0 Å². The predicted octanol–water partition coefficient (Wildman–Crippen LogP) is 9.14. The average molecular weight is 1450 g/mol. The molecule has 0 atom stereocenters. The molecule has 0 radical (unpaired) electrons. The number of aromatic hydroxyl groups is 5. The number of aliphatic hydroxyl groups excluding tert-OH is 3. The van der Waals surface area contributed by atoms with Gasteiger partial charge < -0.3 is 62.9 Å². The van der Waals surface area contributed by atoms with Gasteiger partial charge in [-0.3, -0.25) is 38.4 Å². The number of aryl methyl sites for hydroxylation is 4. The van der Waals surface area contributed by atoms with Crippen LogP contribution in [0, 0.1) is 12.8 Å². The van der Waals surface area contributed by atoms with Crippen molar-refractivity contribution in [1.29, 1.82) is 0 Å². The molecule has 8 rings (SSSR count). The van der Waals surface area contributed by atoms with Crippen molar-refractivity contribution in [3.8, 4) is 28.7 Å². The normalized spacial score (nSPS) is 12.0. The summed E-state index contributed by atoms with van der Waals surface area (Å²) in [5.74, 6) is 1.70. The van der Waals surface area contributed by atoms with E-state index in [0.29, 0.717) is 54.0 Å². The molecule has 3 aliphatic rings. The summed E-state index contributed by atoms with van der Waals surface area (Å²) in [7, 11) is 0. The number of unbranched alkanes of at least 4 members (excludes halogenated alkanes) is 2. The molecular weight excluding hydrogens is 1360 g/mol. The maximum absolute atomic E-state index is 9.35. The number of hydrogen-bond acceptors (Lipinski definition) is 17.